The lowest BCUT2D eigenvalue weighted by molar-refractivity contribution is -0.121. The van der Waals surface area contributed by atoms with E-state index in [0.717, 1.165) is 17.4 Å². The molecule has 0 bridgehead atoms. The van der Waals surface area contributed by atoms with Gasteiger partial charge in [-0.2, -0.15) is 5.26 Å². The van der Waals surface area contributed by atoms with Gasteiger partial charge in [0.1, 0.15) is 13.1 Å². The van der Waals surface area contributed by atoms with Crippen molar-refractivity contribution in [1.29, 1.82) is 5.26 Å². The van der Waals surface area contributed by atoms with Gasteiger partial charge in [-0.3, -0.25) is 4.79 Å². The first-order chi connectivity index (χ1) is 9.26. The maximum absolute atomic E-state index is 11.6. The molecule has 2 aromatic rings. The highest BCUT2D eigenvalue weighted by Crippen LogP contribution is 2.20. The molecule has 1 aromatic carbocycles. The Morgan fingerprint density at radius 2 is 2.26 bits per heavy atom. The third-order valence-electron chi connectivity index (χ3n) is 2.95. The zero-order chi connectivity index (χ0) is 13.7. The molecule has 19 heavy (non-hydrogen) atoms. The minimum Gasteiger partial charge on any atom is -0.341 e. The summed E-state index contributed by atoms with van der Waals surface area (Å²) in [4.78, 5) is 11.6. The van der Waals surface area contributed by atoms with E-state index < -0.39 is 0 Å². The van der Waals surface area contributed by atoms with Crippen LogP contribution in [0.3, 0.4) is 0 Å². The highest BCUT2D eigenvalue weighted by molar-refractivity contribution is 5.85. The largest absolute Gasteiger partial charge is 0.341 e. The summed E-state index contributed by atoms with van der Waals surface area (Å²) in [5.41, 5.74) is 2.23. The molecule has 0 aliphatic carbocycles. The number of nitrogens with zero attached hydrogens (tertiary/aromatic N) is 2. The number of hydrogen-bond acceptors (Lipinski definition) is 3. The number of benzene rings is 1. The molecule has 0 aliphatic heterocycles. The van der Waals surface area contributed by atoms with E-state index in [1.807, 2.05) is 42.1 Å². The van der Waals surface area contributed by atoms with Gasteiger partial charge in [0.25, 0.3) is 0 Å². The lowest BCUT2D eigenvalue weighted by atomic mass is 10.1. The van der Waals surface area contributed by atoms with Crippen molar-refractivity contribution in [3.05, 3.63) is 36.0 Å². The van der Waals surface area contributed by atoms with E-state index >= 15 is 0 Å². The van der Waals surface area contributed by atoms with E-state index in [-0.39, 0.29) is 19.0 Å². The summed E-state index contributed by atoms with van der Waals surface area (Å²) in [6.07, 6.45) is 1.90. The Labute approximate surface area is 111 Å². The Bertz CT molecular complexity index is 624. The molecule has 0 atom stereocenters. The second-order valence-corrected chi connectivity index (χ2v) is 4.26. The third kappa shape index (κ3) is 2.92. The van der Waals surface area contributed by atoms with Gasteiger partial charge in [-0.15, -0.1) is 0 Å². The van der Waals surface area contributed by atoms with Gasteiger partial charge in [0.15, 0.2) is 0 Å². The summed E-state index contributed by atoms with van der Waals surface area (Å²) in [5.74, 6) is -0.155. The number of nitriles is 1. The highest BCUT2D eigenvalue weighted by atomic mass is 16.1. The van der Waals surface area contributed by atoms with Crippen LogP contribution in [0.15, 0.2) is 30.5 Å². The molecule has 0 unspecified atom stereocenters. The van der Waals surface area contributed by atoms with E-state index in [9.17, 15) is 4.79 Å². The average molecular weight is 256 g/mol. The number of carbonyl (C=O) groups excluding carboxylic acids is 1. The van der Waals surface area contributed by atoms with Crippen LogP contribution in [-0.4, -0.2) is 24.1 Å². The number of aromatic nitrogens is 1. The quantitative estimate of drug-likeness (QED) is 0.784. The van der Waals surface area contributed by atoms with Gasteiger partial charge in [0.2, 0.25) is 5.91 Å². The maximum Gasteiger partial charge on any atom is 0.240 e. The number of rotatable bonds is 5. The summed E-state index contributed by atoms with van der Waals surface area (Å²) in [6.45, 7) is 1.07. The van der Waals surface area contributed by atoms with Crippen molar-refractivity contribution < 1.29 is 4.79 Å². The monoisotopic (exact) mass is 256 g/mol. The minimum absolute atomic E-state index is 0.0447. The molecule has 98 valence electrons. The summed E-state index contributed by atoms with van der Waals surface area (Å²) in [6, 6.07) is 9.95. The summed E-state index contributed by atoms with van der Waals surface area (Å²) in [5, 5.41) is 15.2. The van der Waals surface area contributed by atoms with E-state index in [1.165, 1.54) is 5.56 Å². The smallest absolute Gasteiger partial charge is 0.240 e. The van der Waals surface area contributed by atoms with Gasteiger partial charge >= 0.3 is 0 Å². The van der Waals surface area contributed by atoms with Gasteiger partial charge in [0, 0.05) is 23.6 Å². The van der Waals surface area contributed by atoms with Gasteiger partial charge in [-0.1, -0.05) is 12.1 Å². The van der Waals surface area contributed by atoms with Crippen LogP contribution in [0.25, 0.3) is 10.9 Å². The Morgan fingerprint density at radius 3 is 3.00 bits per heavy atom. The van der Waals surface area contributed by atoms with Crippen molar-refractivity contribution in [3.63, 3.8) is 0 Å². The number of fused-ring (bicyclic) bond motifs is 1. The van der Waals surface area contributed by atoms with Crippen molar-refractivity contribution in [2.24, 2.45) is 0 Å². The second-order valence-electron chi connectivity index (χ2n) is 4.26. The standard InChI is InChI=1S/C14H16N4O/c1-16-9-11-3-2-4-13-12(11)5-8-18(13)10-14(19)17-7-6-15/h2-5,8,16H,7,9-10H2,1H3,(H,17,19). The van der Waals surface area contributed by atoms with Crippen LogP contribution in [0.5, 0.6) is 0 Å². The molecular weight excluding hydrogens is 240 g/mol. The summed E-state index contributed by atoms with van der Waals surface area (Å²) < 4.78 is 1.89. The van der Waals surface area contributed by atoms with Crippen LogP contribution >= 0.6 is 0 Å². The highest BCUT2D eigenvalue weighted by Gasteiger charge is 2.07. The Morgan fingerprint density at radius 1 is 1.42 bits per heavy atom. The first kappa shape index (κ1) is 13.1. The zero-order valence-electron chi connectivity index (χ0n) is 10.8. The molecule has 0 aliphatic rings. The second kappa shape index (κ2) is 6.03. The average Bonchev–Trinajstić information content (AvgIpc) is 2.81. The van der Waals surface area contributed by atoms with Crippen LogP contribution in [-0.2, 0) is 17.9 Å². The molecule has 5 nitrogen and oxygen atoms in total. The number of carbonyl (C=O) groups is 1. The number of nitrogens with one attached hydrogen (secondary N) is 2. The number of amides is 1. The molecule has 1 heterocycles. The fraction of sp³-hybridized carbons (Fsp3) is 0.286. The Kier molecular flexibility index (Phi) is 4.16. The van der Waals surface area contributed by atoms with Crippen LogP contribution in [0.4, 0.5) is 0 Å². The van der Waals surface area contributed by atoms with Gasteiger partial charge in [-0.05, 0) is 24.7 Å². The van der Waals surface area contributed by atoms with Crippen molar-refractivity contribution >= 4 is 16.8 Å². The molecule has 1 aromatic heterocycles. The predicted octanol–water partition coefficient (Wildman–Crippen LogP) is 1.00. The van der Waals surface area contributed by atoms with Gasteiger partial charge < -0.3 is 15.2 Å². The van der Waals surface area contributed by atoms with E-state index in [1.54, 1.807) is 0 Å². The molecule has 2 N–H and O–H groups in total. The molecule has 0 fully saturated rings. The molecular formula is C14H16N4O. The van der Waals surface area contributed by atoms with Crippen molar-refractivity contribution in [2.45, 2.75) is 13.1 Å². The van der Waals surface area contributed by atoms with E-state index in [2.05, 4.69) is 16.7 Å². The van der Waals surface area contributed by atoms with Crippen molar-refractivity contribution in [3.8, 4) is 6.07 Å². The SMILES string of the molecule is CNCc1cccc2c1ccn2CC(=O)NCC#N. The van der Waals surface area contributed by atoms with Crippen LogP contribution < -0.4 is 10.6 Å². The van der Waals surface area contributed by atoms with E-state index in [0.29, 0.717) is 0 Å². The van der Waals surface area contributed by atoms with Crippen LogP contribution in [0, 0.1) is 11.3 Å². The van der Waals surface area contributed by atoms with Crippen LogP contribution in [0.1, 0.15) is 5.56 Å². The lowest BCUT2D eigenvalue weighted by Gasteiger charge is -2.06. The molecule has 0 spiro atoms. The first-order valence-corrected chi connectivity index (χ1v) is 6.11. The van der Waals surface area contributed by atoms with Gasteiger partial charge in [0.05, 0.1) is 6.07 Å². The third-order valence-corrected chi connectivity index (χ3v) is 2.95. The van der Waals surface area contributed by atoms with Crippen molar-refractivity contribution in [2.75, 3.05) is 13.6 Å². The topological polar surface area (TPSA) is 69.8 Å². The fourth-order valence-electron chi connectivity index (χ4n) is 2.12. The first-order valence-electron chi connectivity index (χ1n) is 6.11. The van der Waals surface area contributed by atoms with Gasteiger partial charge in [-0.25, -0.2) is 0 Å². The molecule has 0 radical (unpaired) electrons. The van der Waals surface area contributed by atoms with E-state index in [4.69, 9.17) is 5.26 Å². The normalized spacial score (nSPS) is 10.3. The van der Waals surface area contributed by atoms with Crippen molar-refractivity contribution in [1.82, 2.24) is 15.2 Å². The minimum atomic E-state index is -0.155. The zero-order valence-corrected chi connectivity index (χ0v) is 10.8. The summed E-state index contributed by atoms with van der Waals surface area (Å²) >= 11 is 0. The number of hydrogen-bond donors (Lipinski definition) is 2. The molecule has 0 saturated carbocycles. The Balaban J connectivity index is 2.23. The van der Waals surface area contributed by atoms with Crippen LogP contribution in [0.2, 0.25) is 0 Å². The molecule has 5 heteroatoms. The summed E-state index contributed by atoms with van der Waals surface area (Å²) in [7, 11) is 1.91. The lowest BCUT2D eigenvalue weighted by Crippen LogP contribution is -2.27. The molecule has 1 amide bonds. The maximum atomic E-state index is 11.6. The fourth-order valence-corrected chi connectivity index (χ4v) is 2.12. The predicted molar refractivity (Wildman–Crippen MR) is 73.3 cm³/mol. The molecule has 2 rings (SSSR count). The molecule has 0 saturated heterocycles. The Hall–Kier alpha value is -2.32.